The van der Waals surface area contributed by atoms with Gasteiger partial charge in [0.05, 0.1) is 5.88 Å². The fourth-order valence-corrected chi connectivity index (χ4v) is 1.47. The van der Waals surface area contributed by atoms with Gasteiger partial charge in [-0.25, -0.2) is 4.98 Å². The second-order valence-corrected chi connectivity index (χ2v) is 3.93. The van der Waals surface area contributed by atoms with Crippen LogP contribution in [-0.4, -0.2) is 15.2 Å². The van der Waals surface area contributed by atoms with Crippen LogP contribution in [0.3, 0.4) is 0 Å². The van der Waals surface area contributed by atoms with Gasteiger partial charge in [0.1, 0.15) is 5.82 Å². The van der Waals surface area contributed by atoms with Crippen LogP contribution in [-0.2, 0) is 5.88 Å². The molecule has 0 spiro atoms. The Labute approximate surface area is 94.6 Å². The average Bonchev–Trinajstić information content (AvgIpc) is 2.67. The largest absolute Gasteiger partial charge is 0.262 e. The third-order valence-electron chi connectivity index (χ3n) is 1.76. The number of alkyl halides is 1. The first-order valence-corrected chi connectivity index (χ1v) is 5.35. The van der Waals surface area contributed by atoms with Crippen molar-refractivity contribution in [3.63, 3.8) is 0 Å². The van der Waals surface area contributed by atoms with E-state index < -0.39 is 0 Å². The normalized spacial score (nSPS) is 10.4. The standard InChI is InChI=1S/C9H7BrClN3/c10-7-3-1-6(2-4-7)9-12-8(5-11)13-14-9/h1-4H,5H2,(H,12,13,14). The molecular formula is C9H7BrClN3. The van der Waals surface area contributed by atoms with Crippen LogP contribution in [0, 0.1) is 0 Å². The van der Waals surface area contributed by atoms with Crippen LogP contribution < -0.4 is 0 Å². The number of benzene rings is 1. The fourth-order valence-electron chi connectivity index (χ4n) is 1.08. The van der Waals surface area contributed by atoms with Crippen molar-refractivity contribution >= 4 is 27.5 Å². The van der Waals surface area contributed by atoms with Gasteiger partial charge >= 0.3 is 0 Å². The Hall–Kier alpha value is -0.870. The number of H-pyrrole nitrogens is 1. The molecule has 1 aromatic carbocycles. The summed E-state index contributed by atoms with van der Waals surface area (Å²) in [5, 5.41) is 6.81. The molecule has 0 aliphatic rings. The van der Waals surface area contributed by atoms with E-state index in [-0.39, 0.29) is 0 Å². The van der Waals surface area contributed by atoms with Crippen molar-refractivity contribution in [2.75, 3.05) is 0 Å². The zero-order valence-corrected chi connectivity index (χ0v) is 9.51. The van der Waals surface area contributed by atoms with Crippen LogP contribution in [0.2, 0.25) is 0 Å². The molecule has 5 heteroatoms. The molecule has 72 valence electrons. The van der Waals surface area contributed by atoms with Gasteiger partial charge in [-0.2, -0.15) is 5.10 Å². The van der Waals surface area contributed by atoms with Gasteiger partial charge in [-0.05, 0) is 12.1 Å². The van der Waals surface area contributed by atoms with E-state index in [1.807, 2.05) is 24.3 Å². The van der Waals surface area contributed by atoms with E-state index in [4.69, 9.17) is 11.6 Å². The Morgan fingerprint density at radius 2 is 2.00 bits per heavy atom. The van der Waals surface area contributed by atoms with Gasteiger partial charge in [-0.3, -0.25) is 5.10 Å². The van der Waals surface area contributed by atoms with Crippen LogP contribution in [0.5, 0.6) is 0 Å². The average molecular weight is 273 g/mol. The van der Waals surface area contributed by atoms with Crippen LogP contribution >= 0.6 is 27.5 Å². The number of hydrogen-bond donors (Lipinski definition) is 1. The lowest BCUT2D eigenvalue weighted by molar-refractivity contribution is 1.02. The maximum atomic E-state index is 5.61. The number of hydrogen-bond acceptors (Lipinski definition) is 2. The van der Waals surface area contributed by atoms with Gasteiger partial charge < -0.3 is 0 Å². The third kappa shape index (κ3) is 1.96. The Morgan fingerprint density at radius 3 is 2.57 bits per heavy atom. The van der Waals surface area contributed by atoms with E-state index in [9.17, 15) is 0 Å². The quantitative estimate of drug-likeness (QED) is 0.854. The zero-order valence-electron chi connectivity index (χ0n) is 7.17. The molecule has 1 N–H and O–H groups in total. The minimum absolute atomic E-state index is 0.351. The van der Waals surface area contributed by atoms with Gasteiger partial charge in [0.2, 0.25) is 0 Å². The van der Waals surface area contributed by atoms with Gasteiger partial charge in [0, 0.05) is 10.0 Å². The van der Waals surface area contributed by atoms with Crippen molar-refractivity contribution in [1.29, 1.82) is 0 Å². The Balaban J connectivity index is 2.34. The third-order valence-corrected chi connectivity index (χ3v) is 2.54. The lowest BCUT2D eigenvalue weighted by Crippen LogP contribution is -1.80. The molecule has 3 nitrogen and oxygen atoms in total. The zero-order chi connectivity index (χ0) is 9.97. The smallest absolute Gasteiger partial charge is 0.181 e. The molecule has 0 unspecified atom stereocenters. The molecule has 0 fully saturated rings. The van der Waals surface area contributed by atoms with Gasteiger partial charge in [0.15, 0.2) is 5.82 Å². The minimum Gasteiger partial charge on any atom is -0.262 e. The number of aromatic amines is 1. The maximum Gasteiger partial charge on any atom is 0.181 e. The molecule has 1 heterocycles. The number of rotatable bonds is 2. The molecule has 2 aromatic rings. The van der Waals surface area contributed by atoms with Gasteiger partial charge in [0.25, 0.3) is 0 Å². The molecular weight excluding hydrogens is 265 g/mol. The Kier molecular flexibility index (Phi) is 2.84. The summed E-state index contributed by atoms with van der Waals surface area (Å²) in [4.78, 5) is 4.21. The molecule has 1 aromatic heterocycles. The first-order chi connectivity index (χ1) is 6.79. The monoisotopic (exact) mass is 271 g/mol. The number of aromatic nitrogens is 3. The second kappa shape index (κ2) is 4.11. The molecule has 0 saturated heterocycles. The van der Waals surface area contributed by atoms with Crippen molar-refractivity contribution in [3.8, 4) is 11.4 Å². The molecule has 0 saturated carbocycles. The number of halogens is 2. The summed E-state index contributed by atoms with van der Waals surface area (Å²) in [5.74, 6) is 1.71. The SMILES string of the molecule is ClCc1nc(-c2ccc(Br)cc2)n[nH]1. The Bertz CT molecular complexity index is 424. The summed E-state index contributed by atoms with van der Waals surface area (Å²) in [6, 6.07) is 7.80. The highest BCUT2D eigenvalue weighted by atomic mass is 79.9. The summed E-state index contributed by atoms with van der Waals surface area (Å²) >= 11 is 8.98. The highest BCUT2D eigenvalue weighted by Gasteiger charge is 2.04. The molecule has 0 amide bonds. The molecule has 0 aliphatic carbocycles. The van der Waals surface area contributed by atoms with E-state index in [2.05, 4.69) is 31.1 Å². The molecule has 0 bridgehead atoms. The highest BCUT2D eigenvalue weighted by molar-refractivity contribution is 9.10. The van der Waals surface area contributed by atoms with Crippen molar-refractivity contribution < 1.29 is 0 Å². The number of nitrogens with one attached hydrogen (secondary N) is 1. The first kappa shape index (κ1) is 9.68. The van der Waals surface area contributed by atoms with E-state index in [1.165, 1.54) is 0 Å². The van der Waals surface area contributed by atoms with Crippen molar-refractivity contribution in [2.45, 2.75) is 5.88 Å². The van der Waals surface area contributed by atoms with E-state index in [0.717, 1.165) is 10.0 Å². The molecule has 14 heavy (non-hydrogen) atoms. The van der Waals surface area contributed by atoms with Crippen molar-refractivity contribution in [1.82, 2.24) is 15.2 Å². The molecule has 2 rings (SSSR count). The van der Waals surface area contributed by atoms with Gasteiger partial charge in [-0.1, -0.05) is 28.1 Å². The summed E-state index contributed by atoms with van der Waals surface area (Å²) in [6.07, 6.45) is 0. The van der Waals surface area contributed by atoms with Crippen LogP contribution in [0.25, 0.3) is 11.4 Å². The maximum absolute atomic E-state index is 5.61. The fraction of sp³-hybridized carbons (Fsp3) is 0.111. The molecule has 0 atom stereocenters. The Morgan fingerprint density at radius 1 is 1.29 bits per heavy atom. The topological polar surface area (TPSA) is 41.6 Å². The summed E-state index contributed by atoms with van der Waals surface area (Å²) in [6.45, 7) is 0. The predicted molar refractivity (Wildman–Crippen MR) is 59.1 cm³/mol. The lowest BCUT2D eigenvalue weighted by atomic mass is 10.2. The first-order valence-electron chi connectivity index (χ1n) is 4.03. The number of nitrogens with zero attached hydrogens (tertiary/aromatic N) is 2. The van der Waals surface area contributed by atoms with Crippen LogP contribution in [0.15, 0.2) is 28.7 Å². The minimum atomic E-state index is 0.351. The van der Waals surface area contributed by atoms with Crippen LogP contribution in [0.1, 0.15) is 5.82 Å². The van der Waals surface area contributed by atoms with Gasteiger partial charge in [-0.15, -0.1) is 11.6 Å². The second-order valence-electron chi connectivity index (χ2n) is 2.75. The van der Waals surface area contributed by atoms with E-state index >= 15 is 0 Å². The molecule has 0 aliphatic heterocycles. The predicted octanol–water partition coefficient (Wildman–Crippen LogP) is 2.97. The van der Waals surface area contributed by atoms with Crippen molar-refractivity contribution in [2.24, 2.45) is 0 Å². The molecule has 0 radical (unpaired) electrons. The van der Waals surface area contributed by atoms with E-state index in [1.54, 1.807) is 0 Å². The summed E-state index contributed by atoms with van der Waals surface area (Å²) < 4.78 is 1.04. The van der Waals surface area contributed by atoms with Crippen molar-refractivity contribution in [3.05, 3.63) is 34.6 Å². The summed E-state index contributed by atoms with van der Waals surface area (Å²) in [5.41, 5.74) is 0.973. The summed E-state index contributed by atoms with van der Waals surface area (Å²) in [7, 11) is 0. The van der Waals surface area contributed by atoms with Crippen LogP contribution in [0.4, 0.5) is 0 Å². The lowest BCUT2D eigenvalue weighted by Gasteiger charge is -1.93. The van der Waals surface area contributed by atoms with E-state index in [0.29, 0.717) is 17.5 Å². The highest BCUT2D eigenvalue weighted by Crippen LogP contribution is 2.18.